The number of carbonyl (C=O) groups excluding carboxylic acids is 2. The first-order valence-corrected chi connectivity index (χ1v) is 8.83. The summed E-state index contributed by atoms with van der Waals surface area (Å²) in [5, 5.41) is 15.2. The molecule has 1 aromatic rings. The predicted octanol–water partition coefficient (Wildman–Crippen LogP) is -5.71. The quantitative estimate of drug-likeness (QED) is 0.146. The molecular formula is C12H15N6NaO8S. The maximum atomic E-state index is 12.6. The van der Waals surface area contributed by atoms with Gasteiger partial charge in [-0.2, -0.15) is 18.6 Å². The van der Waals surface area contributed by atoms with Crippen molar-refractivity contribution >= 4 is 28.2 Å². The second-order valence-corrected chi connectivity index (χ2v) is 6.67. The van der Waals surface area contributed by atoms with Crippen LogP contribution in [0, 0.1) is 0 Å². The minimum atomic E-state index is -4.93. The Morgan fingerprint density at radius 1 is 1.54 bits per heavy atom. The summed E-state index contributed by atoms with van der Waals surface area (Å²) in [6.45, 7) is -0.753. The molecule has 0 aliphatic carbocycles. The third-order valence-electron chi connectivity index (χ3n) is 4.07. The van der Waals surface area contributed by atoms with Crippen molar-refractivity contribution < 1.29 is 66.3 Å². The number of carboxylic acid groups (broad SMARTS) is 1. The monoisotopic (exact) mass is 426 g/mol. The van der Waals surface area contributed by atoms with Crippen molar-refractivity contribution in [2.24, 2.45) is 12.0 Å². The predicted molar refractivity (Wildman–Crippen MR) is 82.7 cm³/mol. The molecule has 3 heterocycles. The van der Waals surface area contributed by atoms with E-state index in [9.17, 15) is 23.1 Å². The Kier molecular flexibility index (Phi) is 6.70. The molecule has 0 unspecified atom stereocenters. The number of urea groups is 1. The molecule has 14 nitrogen and oxygen atoms in total. The molecule has 2 aliphatic rings. The third-order valence-corrected chi connectivity index (χ3v) is 4.42. The van der Waals surface area contributed by atoms with E-state index in [1.165, 1.54) is 22.8 Å². The Labute approximate surface area is 181 Å². The standard InChI is InChI=1S/C12H16N6O8S.Na/c1-13-11(15-25-5-8(19)20)10-9-6(3-14-16(9)2)7-4-17(10)12(21)18(7)26-27(22,23)24;/h3,7,10H,4-5H2,1-2H3,(H,13,15)(H,19,20)(H,22,23,24);/q;+1/p-1/t7-,10-;/m0./s1. The van der Waals surface area contributed by atoms with E-state index in [-0.39, 0.29) is 41.9 Å². The van der Waals surface area contributed by atoms with Crippen molar-refractivity contribution in [3.05, 3.63) is 17.5 Å². The van der Waals surface area contributed by atoms with Crippen LogP contribution in [0.5, 0.6) is 0 Å². The van der Waals surface area contributed by atoms with E-state index in [0.717, 1.165) is 0 Å². The van der Waals surface area contributed by atoms with E-state index in [2.05, 4.69) is 19.9 Å². The van der Waals surface area contributed by atoms with Crippen molar-refractivity contribution in [3.63, 3.8) is 0 Å². The molecule has 1 aromatic heterocycles. The summed E-state index contributed by atoms with van der Waals surface area (Å²) in [4.78, 5) is 33.2. The normalized spacial score (nSPS) is 21.4. The SMILES string of the molecule is CN=C(NOCC(=O)[O-])[C@@H]1c2c(cnn2C)[C@@H]2CN1C(=O)N2OS(=O)(=O)O.[Na+]. The molecule has 16 heteroatoms. The third kappa shape index (κ3) is 4.14. The van der Waals surface area contributed by atoms with Gasteiger partial charge in [0, 0.05) is 19.7 Å². The van der Waals surface area contributed by atoms with Gasteiger partial charge in [0.2, 0.25) is 0 Å². The maximum Gasteiger partial charge on any atom is 1.00 e. The summed E-state index contributed by atoms with van der Waals surface area (Å²) >= 11 is 0. The number of fused-ring (bicyclic) bond motifs is 4. The van der Waals surface area contributed by atoms with Crippen molar-refractivity contribution in [1.29, 1.82) is 0 Å². The van der Waals surface area contributed by atoms with Gasteiger partial charge < -0.3 is 14.8 Å². The molecule has 148 valence electrons. The number of aliphatic carboxylic acids is 1. The number of hydrogen-bond acceptors (Lipinski definition) is 9. The largest absolute Gasteiger partial charge is 1.00 e. The van der Waals surface area contributed by atoms with Crippen molar-refractivity contribution in [1.82, 2.24) is 25.2 Å². The maximum absolute atomic E-state index is 12.6. The van der Waals surface area contributed by atoms with Gasteiger partial charge in [-0.3, -0.25) is 24.5 Å². The number of hydrogen-bond donors (Lipinski definition) is 2. The number of nitrogens with one attached hydrogen (secondary N) is 1. The van der Waals surface area contributed by atoms with Crippen LogP contribution in [-0.2, 0) is 31.4 Å². The molecule has 28 heavy (non-hydrogen) atoms. The van der Waals surface area contributed by atoms with Crippen molar-refractivity contribution in [2.75, 3.05) is 20.2 Å². The fourth-order valence-corrected chi connectivity index (χ4v) is 3.47. The first-order valence-electron chi connectivity index (χ1n) is 7.47. The number of rotatable bonds is 6. The van der Waals surface area contributed by atoms with Crippen molar-refractivity contribution in [2.45, 2.75) is 12.1 Å². The Morgan fingerprint density at radius 2 is 2.21 bits per heavy atom. The number of nitrogens with zero attached hydrogens (tertiary/aromatic N) is 5. The van der Waals surface area contributed by atoms with Crippen LogP contribution in [-0.4, -0.2) is 70.7 Å². The molecule has 0 aromatic carbocycles. The Morgan fingerprint density at radius 3 is 2.79 bits per heavy atom. The fraction of sp³-hybridized carbons (Fsp3) is 0.500. The molecule has 1 fully saturated rings. The van der Waals surface area contributed by atoms with Gasteiger partial charge in [-0.05, 0) is 0 Å². The van der Waals surface area contributed by atoms with Crippen LogP contribution in [0.3, 0.4) is 0 Å². The minimum absolute atomic E-state index is 0. The fourth-order valence-electron chi connectivity index (χ4n) is 3.10. The van der Waals surface area contributed by atoms with Gasteiger partial charge in [-0.15, -0.1) is 4.28 Å². The van der Waals surface area contributed by atoms with E-state index >= 15 is 0 Å². The second kappa shape index (κ2) is 8.32. The number of amidine groups is 1. The average Bonchev–Trinajstić information content (AvgIpc) is 3.07. The minimum Gasteiger partial charge on any atom is -0.548 e. The molecule has 3 rings (SSSR count). The molecule has 2 amide bonds. The van der Waals surface area contributed by atoms with E-state index in [1.807, 2.05) is 0 Å². The molecular weight excluding hydrogens is 411 g/mol. The van der Waals surface area contributed by atoms with Gasteiger partial charge >= 0.3 is 46.0 Å². The number of aryl methyl sites for hydroxylation is 1. The average molecular weight is 426 g/mol. The number of amides is 2. The number of hydroxylamine groups is 3. The molecule has 2 aliphatic heterocycles. The summed E-state index contributed by atoms with van der Waals surface area (Å²) in [6.07, 6.45) is 1.43. The number of aliphatic imine (C=N–C) groups is 1. The Bertz CT molecular complexity index is 917. The zero-order valence-corrected chi connectivity index (χ0v) is 17.9. The van der Waals surface area contributed by atoms with E-state index < -0.39 is 41.1 Å². The topological polar surface area (TPSA) is 179 Å². The first kappa shape index (κ1) is 22.5. The van der Waals surface area contributed by atoms with Gasteiger partial charge in [0.1, 0.15) is 24.5 Å². The van der Waals surface area contributed by atoms with E-state index in [4.69, 9.17) is 9.39 Å². The van der Waals surface area contributed by atoms with E-state index in [0.29, 0.717) is 16.3 Å². The zero-order valence-electron chi connectivity index (χ0n) is 15.1. The summed E-state index contributed by atoms with van der Waals surface area (Å²) in [5.74, 6) is -1.39. The van der Waals surface area contributed by atoms with Crippen LogP contribution in [0.1, 0.15) is 23.3 Å². The number of carbonyl (C=O) groups is 2. The molecule has 2 bridgehead atoms. The van der Waals surface area contributed by atoms with Crippen LogP contribution in [0.4, 0.5) is 4.79 Å². The van der Waals surface area contributed by atoms with Gasteiger partial charge in [-0.25, -0.2) is 4.79 Å². The van der Waals surface area contributed by atoms with Crippen LogP contribution >= 0.6 is 0 Å². The smallest absolute Gasteiger partial charge is 0.548 e. The first-order chi connectivity index (χ1) is 12.6. The molecule has 1 saturated heterocycles. The number of carboxylic acids is 1. The number of aromatic nitrogens is 2. The second-order valence-electron chi connectivity index (χ2n) is 5.66. The van der Waals surface area contributed by atoms with Crippen LogP contribution < -0.4 is 40.1 Å². The molecule has 2 N–H and O–H groups in total. The molecule has 0 saturated carbocycles. The van der Waals surface area contributed by atoms with Crippen LogP contribution in [0.2, 0.25) is 0 Å². The summed E-state index contributed by atoms with van der Waals surface area (Å²) in [6, 6.07) is -2.57. The summed E-state index contributed by atoms with van der Waals surface area (Å²) < 4.78 is 37.0. The Balaban J connectivity index is 0.00000280. The van der Waals surface area contributed by atoms with Crippen LogP contribution in [0.25, 0.3) is 0 Å². The molecule has 0 radical (unpaired) electrons. The Hall–Kier alpha value is -1.75. The van der Waals surface area contributed by atoms with Gasteiger partial charge in [0.25, 0.3) is 0 Å². The molecule has 2 atom stereocenters. The van der Waals surface area contributed by atoms with Gasteiger partial charge in [0.05, 0.1) is 24.4 Å². The van der Waals surface area contributed by atoms with E-state index in [1.54, 1.807) is 7.05 Å². The zero-order chi connectivity index (χ0) is 19.9. The van der Waals surface area contributed by atoms with Gasteiger partial charge in [-0.1, -0.05) is 0 Å². The summed E-state index contributed by atoms with van der Waals surface area (Å²) in [7, 11) is -1.94. The van der Waals surface area contributed by atoms with Gasteiger partial charge in [0.15, 0.2) is 0 Å². The molecule has 0 spiro atoms. The van der Waals surface area contributed by atoms with Crippen molar-refractivity contribution in [3.8, 4) is 0 Å². The van der Waals surface area contributed by atoms with Crippen LogP contribution in [0.15, 0.2) is 11.2 Å². The summed E-state index contributed by atoms with van der Waals surface area (Å²) in [5.41, 5.74) is 3.31.